The Morgan fingerprint density at radius 3 is 2.42 bits per heavy atom. The van der Waals surface area contributed by atoms with Crippen LogP contribution in [0.1, 0.15) is 16.7 Å². The van der Waals surface area contributed by atoms with E-state index >= 15 is 0 Å². The molecule has 2 aromatic rings. The maximum Gasteiger partial charge on any atom is 0.103 e. The van der Waals surface area contributed by atoms with Crippen LogP contribution in [0.2, 0.25) is 5.02 Å². The van der Waals surface area contributed by atoms with Crippen LogP contribution in [0.3, 0.4) is 0 Å². The highest BCUT2D eigenvalue weighted by atomic mass is 35.5. The smallest absolute Gasteiger partial charge is 0.103 e. The summed E-state index contributed by atoms with van der Waals surface area (Å²) in [5.41, 5.74) is 9.00. The molecule has 0 aliphatic rings. The zero-order valence-electron chi connectivity index (χ0n) is 10.4. The molecule has 0 aliphatic heterocycles. The summed E-state index contributed by atoms with van der Waals surface area (Å²) in [7, 11) is 0. The molecule has 0 fully saturated rings. The highest BCUT2D eigenvalue weighted by Crippen LogP contribution is 2.23. The van der Waals surface area contributed by atoms with E-state index < -0.39 is 0 Å². The lowest BCUT2D eigenvalue weighted by Gasteiger charge is -2.09. The van der Waals surface area contributed by atoms with Gasteiger partial charge in [0.25, 0.3) is 0 Å². The molecule has 3 nitrogen and oxygen atoms in total. The van der Waals surface area contributed by atoms with Crippen molar-refractivity contribution in [2.24, 2.45) is 5.73 Å². The SMILES string of the molecule is N#Cc1c(Cl)cccc1NCc1ccc(CN)cc1. The Morgan fingerprint density at radius 1 is 1.11 bits per heavy atom. The summed E-state index contributed by atoms with van der Waals surface area (Å²) in [5, 5.41) is 12.8. The molecule has 2 aromatic carbocycles. The maximum atomic E-state index is 9.08. The molecule has 2 rings (SSSR count). The van der Waals surface area contributed by atoms with Gasteiger partial charge in [0.2, 0.25) is 0 Å². The average Bonchev–Trinajstić information content (AvgIpc) is 2.45. The zero-order chi connectivity index (χ0) is 13.7. The molecule has 0 aromatic heterocycles. The van der Waals surface area contributed by atoms with Crippen molar-refractivity contribution in [3.8, 4) is 6.07 Å². The van der Waals surface area contributed by atoms with Gasteiger partial charge in [0.15, 0.2) is 0 Å². The fraction of sp³-hybridized carbons (Fsp3) is 0.133. The lowest BCUT2D eigenvalue weighted by molar-refractivity contribution is 1.06. The van der Waals surface area contributed by atoms with Crippen LogP contribution in [0.4, 0.5) is 5.69 Å². The summed E-state index contributed by atoms with van der Waals surface area (Å²) in [6, 6.07) is 15.5. The third-order valence-electron chi connectivity index (χ3n) is 2.87. The monoisotopic (exact) mass is 271 g/mol. The van der Waals surface area contributed by atoms with E-state index in [2.05, 4.69) is 11.4 Å². The van der Waals surface area contributed by atoms with Gasteiger partial charge in [-0.1, -0.05) is 41.9 Å². The van der Waals surface area contributed by atoms with Crippen molar-refractivity contribution in [3.05, 3.63) is 64.2 Å². The van der Waals surface area contributed by atoms with E-state index in [1.807, 2.05) is 36.4 Å². The van der Waals surface area contributed by atoms with Crippen molar-refractivity contribution in [2.75, 3.05) is 5.32 Å². The molecule has 0 spiro atoms. The number of benzene rings is 2. The second-order valence-electron chi connectivity index (χ2n) is 4.15. The summed E-state index contributed by atoms with van der Waals surface area (Å²) in [4.78, 5) is 0. The van der Waals surface area contributed by atoms with E-state index in [1.165, 1.54) is 0 Å². The molecule has 0 atom stereocenters. The Bertz CT molecular complexity index is 600. The number of nitriles is 1. The third kappa shape index (κ3) is 3.25. The van der Waals surface area contributed by atoms with Crippen LogP contribution in [0, 0.1) is 11.3 Å². The van der Waals surface area contributed by atoms with Gasteiger partial charge in [-0.3, -0.25) is 0 Å². The molecule has 96 valence electrons. The van der Waals surface area contributed by atoms with Gasteiger partial charge in [-0.2, -0.15) is 5.26 Å². The van der Waals surface area contributed by atoms with Crippen molar-refractivity contribution in [1.29, 1.82) is 5.26 Å². The van der Waals surface area contributed by atoms with Crippen LogP contribution in [0.15, 0.2) is 42.5 Å². The van der Waals surface area contributed by atoms with Gasteiger partial charge in [0.05, 0.1) is 16.3 Å². The summed E-state index contributed by atoms with van der Waals surface area (Å²) in [6.45, 7) is 1.18. The normalized spacial score (nSPS) is 9.95. The van der Waals surface area contributed by atoms with Crippen LogP contribution in [0.25, 0.3) is 0 Å². The van der Waals surface area contributed by atoms with Gasteiger partial charge < -0.3 is 11.1 Å². The second-order valence-corrected chi connectivity index (χ2v) is 4.56. The van der Waals surface area contributed by atoms with Gasteiger partial charge in [0.1, 0.15) is 6.07 Å². The molecule has 4 heteroatoms. The number of nitrogens with one attached hydrogen (secondary N) is 1. The number of nitrogens with zero attached hydrogens (tertiary/aromatic N) is 1. The van der Waals surface area contributed by atoms with Crippen molar-refractivity contribution < 1.29 is 0 Å². The highest BCUT2D eigenvalue weighted by Gasteiger charge is 2.05. The third-order valence-corrected chi connectivity index (χ3v) is 3.18. The highest BCUT2D eigenvalue weighted by molar-refractivity contribution is 6.32. The topological polar surface area (TPSA) is 61.8 Å². The molecule has 3 N–H and O–H groups in total. The molecule has 19 heavy (non-hydrogen) atoms. The van der Waals surface area contributed by atoms with E-state index in [-0.39, 0.29) is 0 Å². The Hall–Kier alpha value is -2.02. The minimum Gasteiger partial charge on any atom is -0.380 e. The minimum absolute atomic E-state index is 0.464. The van der Waals surface area contributed by atoms with Gasteiger partial charge in [0, 0.05) is 13.1 Å². The lowest BCUT2D eigenvalue weighted by atomic mass is 10.1. The van der Waals surface area contributed by atoms with Gasteiger partial charge >= 0.3 is 0 Å². The summed E-state index contributed by atoms with van der Waals surface area (Å²) in [6.07, 6.45) is 0. The van der Waals surface area contributed by atoms with Crippen LogP contribution in [-0.2, 0) is 13.1 Å². The zero-order valence-corrected chi connectivity index (χ0v) is 11.1. The number of hydrogen-bond donors (Lipinski definition) is 2. The maximum absolute atomic E-state index is 9.08. The number of anilines is 1. The van der Waals surface area contributed by atoms with Crippen molar-refractivity contribution in [3.63, 3.8) is 0 Å². The molecule has 0 saturated carbocycles. The van der Waals surface area contributed by atoms with Crippen LogP contribution >= 0.6 is 11.6 Å². The fourth-order valence-electron chi connectivity index (χ4n) is 1.78. The molecule has 0 bridgehead atoms. The quantitative estimate of drug-likeness (QED) is 0.897. The van der Waals surface area contributed by atoms with Crippen LogP contribution in [-0.4, -0.2) is 0 Å². The van der Waals surface area contributed by atoms with E-state index in [4.69, 9.17) is 22.6 Å². The minimum atomic E-state index is 0.464. The summed E-state index contributed by atoms with van der Waals surface area (Å²) >= 11 is 5.97. The van der Waals surface area contributed by atoms with E-state index in [9.17, 15) is 0 Å². The van der Waals surface area contributed by atoms with E-state index in [0.717, 1.165) is 16.8 Å². The fourth-order valence-corrected chi connectivity index (χ4v) is 1.99. The molecule has 0 unspecified atom stereocenters. The first-order valence-electron chi connectivity index (χ1n) is 5.95. The summed E-state index contributed by atoms with van der Waals surface area (Å²) in [5.74, 6) is 0. The van der Waals surface area contributed by atoms with Crippen molar-refractivity contribution >= 4 is 17.3 Å². The molecular formula is C15H14ClN3. The number of hydrogen-bond acceptors (Lipinski definition) is 3. The van der Waals surface area contributed by atoms with Gasteiger partial charge in [-0.05, 0) is 23.3 Å². The van der Waals surface area contributed by atoms with Crippen molar-refractivity contribution in [2.45, 2.75) is 13.1 Å². The van der Waals surface area contributed by atoms with E-state index in [0.29, 0.717) is 23.7 Å². The first-order chi connectivity index (χ1) is 9.24. The Morgan fingerprint density at radius 2 is 1.79 bits per heavy atom. The van der Waals surface area contributed by atoms with Crippen LogP contribution in [0.5, 0.6) is 0 Å². The molecule has 0 heterocycles. The van der Waals surface area contributed by atoms with Gasteiger partial charge in [-0.25, -0.2) is 0 Å². The van der Waals surface area contributed by atoms with E-state index in [1.54, 1.807) is 6.07 Å². The van der Waals surface area contributed by atoms with Gasteiger partial charge in [-0.15, -0.1) is 0 Å². The predicted molar refractivity (Wildman–Crippen MR) is 77.8 cm³/mol. The first-order valence-corrected chi connectivity index (χ1v) is 6.32. The average molecular weight is 272 g/mol. The number of halogens is 1. The first kappa shape index (κ1) is 13.4. The van der Waals surface area contributed by atoms with Crippen molar-refractivity contribution in [1.82, 2.24) is 0 Å². The Balaban J connectivity index is 2.10. The Labute approximate surface area is 117 Å². The molecule has 0 saturated heterocycles. The summed E-state index contributed by atoms with van der Waals surface area (Å²) < 4.78 is 0. The second kappa shape index (κ2) is 6.24. The number of rotatable bonds is 4. The largest absolute Gasteiger partial charge is 0.380 e. The lowest BCUT2D eigenvalue weighted by Crippen LogP contribution is -2.02. The standard InChI is InChI=1S/C15H14ClN3/c16-14-2-1-3-15(13(14)9-18)19-10-12-6-4-11(8-17)5-7-12/h1-7,19H,8,10,17H2. The Kier molecular flexibility index (Phi) is 4.40. The predicted octanol–water partition coefficient (Wildman–Crippen LogP) is 3.28. The molecule has 0 aliphatic carbocycles. The number of nitrogens with two attached hydrogens (primary N) is 1. The molecular weight excluding hydrogens is 258 g/mol. The molecule has 0 radical (unpaired) electrons. The van der Waals surface area contributed by atoms with Crippen LogP contribution < -0.4 is 11.1 Å². The molecule has 0 amide bonds.